The number of rotatable bonds is 2. The van der Waals surface area contributed by atoms with Gasteiger partial charge in [0.05, 0.1) is 11.3 Å². The minimum Gasteiger partial charge on any atom is -0.268 e. The molecule has 5 heteroatoms. The van der Waals surface area contributed by atoms with Crippen LogP contribution in [-0.4, -0.2) is 11.8 Å². The summed E-state index contributed by atoms with van der Waals surface area (Å²) in [4.78, 5) is 26.3. The molecule has 0 aromatic heterocycles. The number of nitrogens with zero attached hydrogens (tertiary/aromatic N) is 1. The molecule has 0 radical (unpaired) electrons. The second-order valence-corrected chi connectivity index (χ2v) is 5.81. The first-order valence-electron chi connectivity index (χ1n) is 7.02. The Kier molecular flexibility index (Phi) is 3.78. The molecule has 0 saturated heterocycles. The minimum absolute atomic E-state index is 0.0950. The molecule has 116 valence electrons. The van der Waals surface area contributed by atoms with Gasteiger partial charge < -0.3 is 0 Å². The fourth-order valence-electron chi connectivity index (χ4n) is 2.55. The summed E-state index contributed by atoms with van der Waals surface area (Å²) < 4.78 is 13.1. The Balaban J connectivity index is 2.09. The van der Waals surface area contributed by atoms with Crippen LogP contribution in [0.3, 0.4) is 0 Å². The van der Waals surface area contributed by atoms with E-state index in [-0.39, 0.29) is 10.6 Å². The lowest BCUT2D eigenvalue weighted by Gasteiger charge is -2.18. The molecule has 0 bridgehead atoms. The van der Waals surface area contributed by atoms with E-state index < -0.39 is 17.6 Å². The molecule has 3 nitrogen and oxygen atoms in total. The third kappa shape index (κ3) is 2.55. The molecule has 3 rings (SSSR count). The van der Waals surface area contributed by atoms with Gasteiger partial charge in [0.2, 0.25) is 0 Å². The Bertz CT molecular complexity index is 856. The summed E-state index contributed by atoms with van der Waals surface area (Å²) in [5.74, 6) is -1.49. The molecule has 0 fully saturated rings. The second kappa shape index (κ2) is 5.63. The normalized spacial score (nSPS) is 14.9. The van der Waals surface area contributed by atoms with E-state index in [1.54, 1.807) is 6.07 Å². The van der Waals surface area contributed by atoms with Gasteiger partial charge in [-0.3, -0.25) is 9.59 Å². The van der Waals surface area contributed by atoms with Gasteiger partial charge in [-0.2, -0.15) is 0 Å². The highest BCUT2D eigenvalue weighted by Crippen LogP contribution is 2.36. The van der Waals surface area contributed by atoms with Crippen LogP contribution in [-0.2, 0) is 9.59 Å². The zero-order chi connectivity index (χ0) is 16.7. The standard InChI is InChI=1S/C18H13ClFNO2/c1-10-3-4-11(2)14(9-10)21-17(22)15(16(19)18(21)23)12-5-7-13(20)8-6-12/h3-9H,1-2H3. The van der Waals surface area contributed by atoms with Gasteiger partial charge in [0.25, 0.3) is 11.8 Å². The van der Waals surface area contributed by atoms with Crippen molar-refractivity contribution in [3.05, 3.63) is 70.0 Å². The van der Waals surface area contributed by atoms with Crippen molar-refractivity contribution in [2.45, 2.75) is 13.8 Å². The minimum atomic E-state index is -0.565. The monoisotopic (exact) mass is 329 g/mol. The van der Waals surface area contributed by atoms with Crippen molar-refractivity contribution in [1.82, 2.24) is 0 Å². The van der Waals surface area contributed by atoms with E-state index >= 15 is 0 Å². The van der Waals surface area contributed by atoms with E-state index in [4.69, 9.17) is 11.6 Å². The van der Waals surface area contributed by atoms with Crippen molar-refractivity contribution in [2.75, 3.05) is 4.90 Å². The first-order chi connectivity index (χ1) is 10.9. The fourth-order valence-corrected chi connectivity index (χ4v) is 2.82. The average Bonchev–Trinajstić information content (AvgIpc) is 2.73. The molecule has 2 amide bonds. The third-order valence-electron chi connectivity index (χ3n) is 3.77. The summed E-state index contributed by atoms with van der Waals surface area (Å²) in [6.45, 7) is 3.70. The van der Waals surface area contributed by atoms with E-state index in [0.717, 1.165) is 16.0 Å². The number of hydrogen-bond acceptors (Lipinski definition) is 2. The Hall–Kier alpha value is -2.46. The molecule has 0 N–H and O–H groups in total. The molecule has 23 heavy (non-hydrogen) atoms. The number of benzene rings is 2. The predicted molar refractivity (Wildman–Crippen MR) is 87.6 cm³/mol. The molecule has 1 heterocycles. The number of halogens is 2. The van der Waals surface area contributed by atoms with E-state index in [1.165, 1.54) is 24.3 Å². The summed E-state index contributed by atoms with van der Waals surface area (Å²) in [6, 6.07) is 10.8. The molecule has 2 aromatic carbocycles. The summed E-state index contributed by atoms with van der Waals surface area (Å²) in [5, 5.41) is -0.150. The van der Waals surface area contributed by atoms with Crippen LogP contribution >= 0.6 is 11.6 Å². The lowest BCUT2D eigenvalue weighted by atomic mass is 10.1. The van der Waals surface area contributed by atoms with Gasteiger partial charge in [-0.15, -0.1) is 0 Å². The van der Waals surface area contributed by atoms with Crippen molar-refractivity contribution in [1.29, 1.82) is 0 Å². The quantitative estimate of drug-likeness (QED) is 0.782. The van der Waals surface area contributed by atoms with Crippen LogP contribution in [0.25, 0.3) is 5.57 Å². The number of anilines is 1. The van der Waals surface area contributed by atoms with Crippen molar-refractivity contribution >= 4 is 34.7 Å². The molecule has 0 atom stereocenters. The second-order valence-electron chi connectivity index (χ2n) is 5.43. The maximum Gasteiger partial charge on any atom is 0.277 e. The van der Waals surface area contributed by atoms with E-state index in [2.05, 4.69) is 0 Å². The van der Waals surface area contributed by atoms with E-state index in [1.807, 2.05) is 26.0 Å². The van der Waals surface area contributed by atoms with Crippen LogP contribution in [0.5, 0.6) is 0 Å². The number of imide groups is 1. The smallest absolute Gasteiger partial charge is 0.268 e. The number of hydrogen-bond donors (Lipinski definition) is 0. The van der Waals surface area contributed by atoms with Crippen molar-refractivity contribution < 1.29 is 14.0 Å². The molecule has 1 aliphatic heterocycles. The largest absolute Gasteiger partial charge is 0.277 e. The fraction of sp³-hybridized carbons (Fsp3) is 0.111. The van der Waals surface area contributed by atoms with Gasteiger partial charge >= 0.3 is 0 Å². The summed E-state index contributed by atoms with van der Waals surface area (Å²) >= 11 is 6.11. The third-order valence-corrected chi connectivity index (χ3v) is 4.12. The molecular formula is C18H13ClFNO2. The molecule has 0 saturated carbocycles. The number of carbonyl (C=O) groups excluding carboxylic acids is 2. The van der Waals surface area contributed by atoms with Gasteiger partial charge in [0, 0.05) is 0 Å². The first-order valence-corrected chi connectivity index (χ1v) is 7.39. The highest BCUT2D eigenvalue weighted by molar-refractivity contribution is 6.60. The SMILES string of the molecule is Cc1ccc(C)c(N2C(=O)C(Cl)=C(c3ccc(F)cc3)C2=O)c1. The highest BCUT2D eigenvalue weighted by Gasteiger charge is 2.39. The zero-order valence-corrected chi connectivity index (χ0v) is 13.3. The Morgan fingerprint density at radius 3 is 2.26 bits per heavy atom. The number of carbonyl (C=O) groups is 2. The van der Waals surface area contributed by atoms with Gasteiger partial charge in [-0.25, -0.2) is 9.29 Å². The van der Waals surface area contributed by atoms with Crippen LogP contribution in [0.2, 0.25) is 0 Å². The lowest BCUT2D eigenvalue weighted by Crippen LogP contribution is -2.31. The van der Waals surface area contributed by atoms with E-state index in [0.29, 0.717) is 11.3 Å². The molecule has 2 aromatic rings. The molecule has 0 unspecified atom stereocenters. The van der Waals surface area contributed by atoms with Crippen LogP contribution in [0, 0.1) is 19.7 Å². The first kappa shape index (κ1) is 15.4. The summed E-state index contributed by atoms with van der Waals surface area (Å²) in [7, 11) is 0. The summed E-state index contributed by atoms with van der Waals surface area (Å²) in [5.41, 5.74) is 2.75. The Morgan fingerprint density at radius 1 is 0.957 bits per heavy atom. The number of aryl methyl sites for hydroxylation is 2. The predicted octanol–water partition coefficient (Wildman–Crippen LogP) is 3.97. The summed E-state index contributed by atoms with van der Waals surface area (Å²) in [6.07, 6.45) is 0. The van der Waals surface area contributed by atoms with Crippen molar-refractivity contribution in [3.8, 4) is 0 Å². The number of amides is 2. The zero-order valence-electron chi connectivity index (χ0n) is 12.6. The van der Waals surface area contributed by atoms with Crippen LogP contribution in [0.1, 0.15) is 16.7 Å². The van der Waals surface area contributed by atoms with Gasteiger partial charge in [-0.1, -0.05) is 35.9 Å². The van der Waals surface area contributed by atoms with Crippen molar-refractivity contribution in [2.24, 2.45) is 0 Å². The molecule has 0 aliphatic carbocycles. The van der Waals surface area contributed by atoms with Gasteiger partial charge in [-0.05, 0) is 48.7 Å². The van der Waals surface area contributed by atoms with Gasteiger partial charge in [0.15, 0.2) is 0 Å². The van der Waals surface area contributed by atoms with Gasteiger partial charge in [0.1, 0.15) is 10.8 Å². The average molecular weight is 330 g/mol. The van der Waals surface area contributed by atoms with Crippen LogP contribution < -0.4 is 4.90 Å². The molecule has 0 spiro atoms. The Morgan fingerprint density at radius 2 is 1.61 bits per heavy atom. The maximum atomic E-state index is 13.1. The molecular weight excluding hydrogens is 317 g/mol. The van der Waals surface area contributed by atoms with Crippen molar-refractivity contribution in [3.63, 3.8) is 0 Å². The highest BCUT2D eigenvalue weighted by atomic mass is 35.5. The lowest BCUT2D eigenvalue weighted by molar-refractivity contribution is -0.119. The maximum absolute atomic E-state index is 13.1. The Labute approximate surface area is 138 Å². The van der Waals surface area contributed by atoms with Crippen LogP contribution in [0.15, 0.2) is 47.5 Å². The molecule has 1 aliphatic rings. The topological polar surface area (TPSA) is 37.4 Å². The van der Waals surface area contributed by atoms with E-state index in [9.17, 15) is 14.0 Å². The van der Waals surface area contributed by atoms with Crippen LogP contribution in [0.4, 0.5) is 10.1 Å².